The van der Waals surface area contributed by atoms with E-state index in [1.807, 2.05) is 12.1 Å². The van der Waals surface area contributed by atoms with Gasteiger partial charge in [0.15, 0.2) is 0 Å². The summed E-state index contributed by atoms with van der Waals surface area (Å²) in [5.41, 5.74) is 3.31. The minimum Gasteiger partial charge on any atom is -0.381 e. The minimum atomic E-state index is -0.399. The lowest BCUT2D eigenvalue weighted by atomic mass is 9.76. The quantitative estimate of drug-likeness (QED) is 0.784. The predicted octanol–water partition coefficient (Wildman–Crippen LogP) is 1.59. The van der Waals surface area contributed by atoms with Gasteiger partial charge in [-0.15, -0.1) is 0 Å². The number of ether oxygens (including phenoxy) is 1. The molecule has 1 aromatic carbocycles. The van der Waals surface area contributed by atoms with E-state index >= 15 is 0 Å². The lowest BCUT2D eigenvalue weighted by Crippen LogP contribution is -2.48. The van der Waals surface area contributed by atoms with E-state index in [4.69, 9.17) is 9.57 Å². The van der Waals surface area contributed by atoms with E-state index in [2.05, 4.69) is 5.48 Å². The highest BCUT2D eigenvalue weighted by Crippen LogP contribution is 2.41. The molecule has 1 N–H and O–H groups in total. The van der Waals surface area contributed by atoms with Gasteiger partial charge in [0.05, 0.1) is 18.8 Å². The van der Waals surface area contributed by atoms with Crippen LogP contribution >= 0.6 is 0 Å². The first-order valence-corrected chi connectivity index (χ1v) is 5.55. The summed E-state index contributed by atoms with van der Waals surface area (Å²) >= 11 is 0. The molecule has 0 bridgehead atoms. The third-order valence-electron chi connectivity index (χ3n) is 3.55. The molecule has 2 heterocycles. The van der Waals surface area contributed by atoms with Crippen LogP contribution in [0.2, 0.25) is 0 Å². The first-order valence-electron chi connectivity index (χ1n) is 5.55. The molecular formula is C12H14FNO2. The highest BCUT2D eigenvalue weighted by molar-refractivity contribution is 5.28. The summed E-state index contributed by atoms with van der Waals surface area (Å²) in [5, 5.41) is 0. The van der Waals surface area contributed by atoms with Crippen LogP contribution in [0, 0.1) is 11.7 Å². The van der Waals surface area contributed by atoms with Gasteiger partial charge in [-0.3, -0.25) is 0 Å². The molecule has 0 unspecified atom stereocenters. The molecule has 3 nitrogen and oxygen atoms in total. The van der Waals surface area contributed by atoms with Crippen molar-refractivity contribution in [1.29, 1.82) is 0 Å². The topological polar surface area (TPSA) is 30.5 Å². The van der Waals surface area contributed by atoms with Crippen molar-refractivity contribution in [3.8, 4) is 0 Å². The summed E-state index contributed by atoms with van der Waals surface area (Å²) in [6.45, 7) is 1.84. The van der Waals surface area contributed by atoms with E-state index in [0.29, 0.717) is 25.4 Å². The number of hydrogen-bond donors (Lipinski definition) is 1. The second-order valence-electron chi connectivity index (χ2n) is 4.39. The van der Waals surface area contributed by atoms with Gasteiger partial charge in [0.2, 0.25) is 0 Å². The van der Waals surface area contributed by atoms with Crippen LogP contribution in [0.4, 0.5) is 4.39 Å². The molecule has 0 aromatic heterocycles. The van der Waals surface area contributed by atoms with E-state index < -0.39 is 5.54 Å². The number of hydrogen-bond acceptors (Lipinski definition) is 3. The molecule has 2 aliphatic rings. The smallest absolute Gasteiger partial charge is 0.128 e. The highest BCUT2D eigenvalue weighted by atomic mass is 19.1. The Labute approximate surface area is 93.5 Å². The maximum Gasteiger partial charge on any atom is 0.128 e. The second kappa shape index (κ2) is 3.80. The maximum atomic E-state index is 13.9. The van der Waals surface area contributed by atoms with Crippen LogP contribution in [0.15, 0.2) is 24.3 Å². The van der Waals surface area contributed by atoms with Gasteiger partial charge in [-0.1, -0.05) is 18.2 Å². The van der Waals surface area contributed by atoms with Crippen molar-refractivity contribution < 1.29 is 14.0 Å². The number of halogens is 1. The van der Waals surface area contributed by atoms with Crippen LogP contribution in [0.3, 0.4) is 0 Å². The molecule has 2 aliphatic heterocycles. The van der Waals surface area contributed by atoms with Crippen LogP contribution in [0.5, 0.6) is 0 Å². The Morgan fingerprint density at radius 2 is 2.19 bits per heavy atom. The van der Waals surface area contributed by atoms with Crippen LogP contribution in [-0.2, 0) is 15.1 Å². The standard InChI is InChI=1S/C12H14FNO2/c13-11-4-2-1-3-10(11)12-5-6-15-7-9(12)8-16-14-12/h1-4,9,14H,5-8H2/t9-,12-/m0/s1. The SMILES string of the molecule is Fc1ccccc1[C@]12CCOC[C@H]1CON2. The highest BCUT2D eigenvalue weighted by Gasteiger charge is 2.48. The van der Waals surface area contributed by atoms with Crippen LogP contribution < -0.4 is 5.48 Å². The number of nitrogens with one attached hydrogen (secondary N) is 1. The average Bonchev–Trinajstić information content (AvgIpc) is 2.74. The molecule has 1 aromatic rings. The molecule has 2 saturated heterocycles. The van der Waals surface area contributed by atoms with Crippen molar-refractivity contribution >= 4 is 0 Å². The normalized spacial score (nSPS) is 33.7. The van der Waals surface area contributed by atoms with E-state index in [-0.39, 0.29) is 11.7 Å². The largest absolute Gasteiger partial charge is 0.381 e. The third-order valence-corrected chi connectivity index (χ3v) is 3.55. The summed E-state index contributed by atoms with van der Waals surface area (Å²) in [7, 11) is 0. The maximum absolute atomic E-state index is 13.9. The molecule has 0 spiro atoms. The fraction of sp³-hybridized carbons (Fsp3) is 0.500. The van der Waals surface area contributed by atoms with E-state index in [1.165, 1.54) is 6.07 Å². The Bertz CT molecular complexity index is 398. The van der Waals surface area contributed by atoms with Crippen molar-refractivity contribution in [1.82, 2.24) is 5.48 Å². The number of fused-ring (bicyclic) bond motifs is 1. The van der Waals surface area contributed by atoms with Gasteiger partial charge in [-0.2, -0.15) is 5.48 Å². The lowest BCUT2D eigenvalue weighted by molar-refractivity contribution is -0.00193. The molecular weight excluding hydrogens is 209 g/mol. The molecule has 0 amide bonds. The minimum absolute atomic E-state index is 0.174. The zero-order valence-corrected chi connectivity index (χ0v) is 8.91. The summed E-state index contributed by atoms with van der Waals surface area (Å²) in [6, 6.07) is 6.89. The lowest BCUT2D eigenvalue weighted by Gasteiger charge is -2.37. The van der Waals surface area contributed by atoms with Crippen molar-refractivity contribution in [2.45, 2.75) is 12.0 Å². The van der Waals surface area contributed by atoms with Gasteiger partial charge in [0.25, 0.3) is 0 Å². The molecule has 0 aliphatic carbocycles. The first-order chi connectivity index (χ1) is 7.83. The van der Waals surface area contributed by atoms with Crippen LogP contribution in [0.1, 0.15) is 12.0 Å². The molecule has 3 rings (SSSR count). The van der Waals surface area contributed by atoms with Crippen molar-refractivity contribution in [3.63, 3.8) is 0 Å². The van der Waals surface area contributed by atoms with Crippen LogP contribution in [-0.4, -0.2) is 19.8 Å². The van der Waals surface area contributed by atoms with Gasteiger partial charge in [-0.25, -0.2) is 4.39 Å². The Morgan fingerprint density at radius 1 is 1.31 bits per heavy atom. The Balaban J connectivity index is 2.05. The molecule has 2 atom stereocenters. The average molecular weight is 223 g/mol. The summed E-state index contributed by atoms with van der Waals surface area (Å²) < 4.78 is 19.3. The number of rotatable bonds is 1. The monoisotopic (exact) mass is 223 g/mol. The summed E-state index contributed by atoms with van der Waals surface area (Å²) in [4.78, 5) is 5.31. The van der Waals surface area contributed by atoms with Gasteiger partial charge >= 0.3 is 0 Å². The number of benzene rings is 1. The van der Waals surface area contributed by atoms with E-state index in [1.54, 1.807) is 6.07 Å². The van der Waals surface area contributed by atoms with Crippen LogP contribution in [0.25, 0.3) is 0 Å². The molecule has 0 saturated carbocycles. The summed E-state index contributed by atoms with van der Waals surface area (Å²) in [6.07, 6.45) is 0.749. The Kier molecular flexibility index (Phi) is 2.42. The van der Waals surface area contributed by atoms with Crippen molar-refractivity contribution in [2.75, 3.05) is 19.8 Å². The fourth-order valence-corrected chi connectivity index (χ4v) is 2.63. The van der Waals surface area contributed by atoms with E-state index in [9.17, 15) is 4.39 Å². The molecule has 2 fully saturated rings. The molecule has 86 valence electrons. The zero-order valence-electron chi connectivity index (χ0n) is 8.91. The Morgan fingerprint density at radius 3 is 3.06 bits per heavy atom. The van der Waals surface area contributed by atoms with Gasteiger partial charge in [0, 0.05) is 18.1 Å². The second-order valence-corrected chi connectivity index (χ2v) is 4.39. The molecule has 16 heavy (non-hydrogen) atoms. The fourth-order valence-electron chi connectivity index (χ4n) is 2.63. The number of hydroxylamine groups is 1. The van der Waals surface area contributed by atoms with E-state index in [0.717, 1.165) is 6.42 Å². The van der Waals surface area contributed by atoms with Gasteiger partial charge in [0.1, 0.15) is 5.82 Å². The van der Waals surface area contributed by atoms with Crippen molar-refractivity contribution in [3.05, 3.63) is 35.6 Å². The van der Waals surface area contributed by atoms with Crippen molar-refractivity contribution in [2.24, 2.45) is 5.92 Å². The first kappa shape index (κ1) is 10.2. The molecule has 0 radical (unpaired) electrons. The molecule has 4 heteroatoms. The zero-order chi connectivity index (χ0) is 11.0. The Hall–Kier alpha value is -0.970. The predicted molar refractivity (Wildman–Crippen MR) is 56.1 cm³/mol. The summed E-state index contributed by atoms with van der Waals surface area (Å²) in [5.74, 6) is 0.0190. The van der Waals surface area contributed by atoms with Gasteiger partial charge in [-0.05, 0) is 12.5 Å². The van der Waals surface area contributed by atoms with Gasteiger partial charge < -0.3 is 9.57 Å². The third kappa shape index (κ3) is 1.38.